The molecule has 0 unspecified atom stereocenters. The van der Waals surface area contributed by atoms with Crippen molar-refractivity contribution >= 4 is 23.3 Å². The summed E-state index contributed by atoms with van der Waals surface area (Å²) < 4.78 is 7.03. The number of esters is 1. The summed E-state index contributed by atoms with van der Waals surface area (Å²) in [6, 6.07) is 16.3. The van der Waals surface area contributed by atoms with E-state index in [1.54, 1.807) is 42.8 Å². The van der Waals surface area contributed by atoms with Crippen LogP contribution in [0.5, 0.6) is 0 Å². The summed E-state index contributed by atoms with van der Waals surface area (Å²) in [6.45, 7) is 5.49. The topological polar surface area (TPSA) is 90.3 Å². The van der Waals surface area contributed by atoms with Crippen molar-refractivity contribution in [2.45, 2.75) is 33.7 Å². The highest BCUT2D eigenvalue weighted by Crippen LogP contribution is 2.17. The van der Waals surface area contributed by atoms with E-state index < -0.39 is 5.97 Å². The molecule has 7 heteroatoms. The third-order valence-corrected chi connectivity index (χ3v) is 4.91. The number of anilines is 1. The molecule has 2 aromatic carbocycles. The van der Waals surface area contributed by atoms with E-state index in [1.165, 1.54) is 0 Å². The van der Waals surface area contributed by atoms with Crippen LogP contribution in [0.3, 0.4) is 0 Å². The lowest BCUT2D eigenvalue weighted by Crippen LogP contribution is -2.16. The van der Waals surface area contributed by atoms with E-state index >= 15 is 0 Å². The number of benzene rings is 2. The average molecular weight is 419 g/mol. The number of ketones is 1. The molecule has 1 N–H and O–H groups in total. The van der Waals surface area contributed by atoms with Crippen LogP contribution < -0.4 is 5.32 Å². The molecule has 1 heterocycles. The number of hydrogen-bond acceptors (Lipinski definition) is 5. The molecule has 31 heavy (non-hydrogen) atoms. The molecule has 0 saturated carbocycles. The number of nitrogens with zero attached hydrogens (tertiary/aromatic N) is 2. The van der Waals surface area contributed by atoms with Gasteiger partial charge >= 0.3 is 5.97 Å². The van der Waals surface area contributed by atoms with E-state index in [-0.39, 0.29) is 18.3 Å². The SMILES string of the molecule is CCC(=O)Nc1ccc(C(=O)COC(=O)c2c(C)nn(Cc3ccccc3)c2C)cc1. The standard InChI is InChI=1S/C24H25N3O4/c1-4-22(29)25-20-12-10-19(11-13-20)21(28)15-31-24(30)23-16(2)26-27(17(23)3)14-18-8-6-5-7-9-18/h5-13H,4,14-15H2,1-3H3,(H,25,29). The molecule has 7 nitrogen and oxygen atoms in total. The van der Waals surface area contributed by atoms with Gasteiger partial charge in [-0.3, -0.25) is 14.3 Å². The van der Waals surface area contributed by atoms with Gasteiger partial charge in [-0.25, -0.2) is 4.79 Å². The Balaban J connectivity index is 1.63. The van der Waals surface area contributed by atoms with Gasteiger partial charge in [0.25, 0.3) is 0 Å². The van der Waals surface area contributed by atoms with Crippen molar-refractivity contribution in [3.8, 4) is 0 Å². The van der Waals surface area contributed by atoms with Crippen LogP contribution in [0.1, 0.15) is 51.0 Å². The number of carbonyl (C=O) groups excluding carboxylic acids is 3. The molecule has 0 atom stereocenters. The lowest BCUT2D eigenvalue weighted by molar-refractivity contribution is -0.115. The minimum atomic E-state index is -0.575. The van der Waals surface area contributed by atoms with E-state index in [2.05, 4.69) is 10.4 Å². The first-order valence-corrected chi connectivity index (χ1v) is 10.1. The summed E-state index contributed by atoms with van der Waals surface area (Å²) in [5.74, 6) is -1.00. The fourth-order valence-electron chi connectivity index (χ4n) is 3.18. The van der Waals surface area contributed by atoms with Gasteiger partial charge in [-0.05, 0) is 43.7 Å². The third kappa shape index (κ3) is 5.45. The van der Waals surface area contributed by atoms with Gasteiger partial charge in [0, 0.05) is 17.7 Å². The Kier molecular flexibility index (Phi) is 6.97. The quantitative estimate of drug-likeness (QED) is 0.441. The Bertz CT molecular complexity index is 1090. The number of aryl methyl sites for hydroxylation is 1. The van der Waals surface area contributed by atoms with Gasteiger partial charge < -0.3 is 10.1 Å². The molecule has 1 aromatic heterocycles. The van der Waals surface area contributed by atoms with Crippen LogP contribution in [0, 0.1) is 13.8 Å². The van der Waals surface area contributed by atoms with Crippen molar-refractivity contribution in [2.24, 2.45) is 0 Å². The van der Waals surface area contributed by atoms with Gasteiger partial charge in [0.2, 0.25) is 5.91 Å². The predicted molar refractivity (Wildman–Crippen MR) is 117 cm³/mol. The number of aromatic nitrogens is 2. The van der Waals surface area contributed by atoms with Gasteiger partial charge in [0.05, 0.1) is 17.9 Å². The first kappa shape index (κ1) is 22.0. The second-order valence-corrected chi connectivity index (χ2v) is 7.17. The molecule has 1 amide bonds. The molecule has 160 valence electrons. The zero-order valence-electron chi connectivity index (χ0n) is 17.8. The maximum absolute atomic E-state index is 12.6. The molecule has 0 radical (unpaired) electrons. The number of ether oxygens (including phenoxy) is 1. The van der Waals surface area contributed by atoms with Crippen LogP contribution in [0.25, 0.3) is 0 Å². The Morgan fingerprint density at radius 1 is 1.00 bits per heavy atom. The monoisotopic (exact) mass is 419 g/mol. The second-order valence-electron chi connectivity index (χ2n) is 7.17. The Hall–Kier alpha value is -3.74. The van der Waals surface area contributed by atoms with Crippen LogP contribution in [-0.4, -0.2) is 34.0 Å². The van der Waals surface area contributed by atoms with E-state index in [1.807, 2.05) is 37.3 Å². The van der Waals surface area contributed by atoms with Gasteiger partial charge in [-0.15, -0.1) is 0 Å². The summed E-state index contributed by atoms with van der Waals surface area (Å²) >= 11 is 0. The molecular weight excluding hydrogens is 394 g/mol. The van der Waals surface area contributed by atoms with E-state index in [0.29, 0.717) is 41.2 Å². The molecule has 3 rings (SSSR count). The van der Waals surface area contributed by atoms with Crippen LogP contribution >= 0.6 is 0 Å². The minimum Gasteiger partial charge on any atom is -0.454 e. The summed E-state index contributed by atoms with van der Waals surface area (Å²) in [6.07, 6.45) is 0.372. The zero-order chi connectivity index (χ0) is 22.4. The average Bonchev–Trinajstić information content (AvgIpc) is 3.05. The van der Waals surface area contributed by atoms with Crippen LogP contribution in [0.2, 0.25) is 0 Å². The molecule has 0 fully saturated rings. The van der Waals surface area contributed by atoms with E-state index in [0.717, 1.165) is 5.56 Å². The number of Topliss-reactive ketones (excluding diaryl/α,β-unsaturated/α-hetero) is 1. The normalized spacial score (nSPS) is 10.5. The highest BCUT2D eigenvalue weighted by atomic mass is 16.5. The summed E-state index contributed by atoms with van der Waals surface area (Å²) in [5.41, 5.74) is 3.70. The molecule has 0 bridgehead atoms. The number of amides is 1. The Morgan fingerprint density at radius 2 is 1.68 bits per heavy atom. The number of rotatable bonds is 8. The molecule has 0 aliphatic rings. The third-order valence-electron chi connectivity index (χ3n) is 4.91. The Morgan fingerprint density at radius 3 is 2.32 bits per heavy atom. The molecule has 0 aliphatic heterocycles. The van der Waals surface area contributed by atoms with Gasteiger partial charge in [-0.2, -0.15) is 5.10 Å². The van der Waals surface area contributed by atoms with E-state index in [9.17, 15) is 14.4 Å². The summed E-state index contributed by atoms with van der Waals surface area (Å²) in [7, 11) is 0. The van der Waals surface area contributed by atoms with Crippen molar-refractivity contribution in [1.82, 2.24) is 9.78 Å². The molecular formula is C24H25N3O4. The van der Waals surface area contributed by atoms with Crippen molar-refractivity contribution in [1.29, 1.82) is 0 Å². The first-order chi connectivity index (χ1) is 14.9. The first-order valence-electron chi connectivity index (χ1n) is 10.1. The van der Waals surface area contributed by atoms with Crippen LogP contribution in [0.4, 0.5) is 5.69 Å². The largest absolute Gasteiger partial charge is 0.454 e. The van der Waals surface area contributed by atoms with Crippen molar-refractivity contribution in [2.75, 3.05) is 11.9 Å². The predicted octanol–water partition coefficient (Wildman–Crippen LogP) is 3.94. The van der Waals surface area contributed by atoms with Crippen molar-refractivity contribution < 1.29 is 19.1 Å². The maximum atomic E-state index is 12.6. The van der Waals surface area contributed by atoms with Crippen LogP contribution in [-0.2, 0) is 16.1 Å². The lowest BCUT2D eigenvalue weighted by atomic mass is 10.1. The fraction of sp³-hybridized carbons (Fsp3) is 0.250. The van der Waals surface area contributed by atoms with Crippen LogP contribution in [0.15, 0.2) is 54.6 Å². The zero-order valence-corrected chi connectivity index (χ0v) is 17.8. The van der Waals surface area contributed by atoms with Gasteiger partial charge in [-0.1, -0.05) is 37.3 Å². The van der Waals surface area contributed by atoms with Crippen molar-refractivity contribution in [3.63, 3.8) is 0 Å². The fourth-order valence-corrected chi connectivity index (χ4v) is 3.18. The molecule has 0 aliphatic carbocycles. The van der Waals surface area contributed by atoms with Crippen molar-refractivity contribution in [3.05, 3.63) is 82.7 Å². The molecule has 0 saturated heterocycles. The smallest absolute Gasteiger partial charge is 0.342 e. The molecule has 0 spiro atoms. The highest BCUT2D eigenvalue weighted by Gasteiger charge is 2.21. The summed E-state index contributed by atoms with van der Waals surface area (Å²) in [5, 5.41) is 7.17. The molecule has 3 aromatic rings. The van der Waals surface area contributed by atoms with E-state index in [4.69, 9.17) is 4.74 Å². The van der Waals surface area contributed by atoms with Gasteiger partial charge in [0.15, 0.2) is 12.4 Å². The number of carbonyl (C=O) groups is 3. The highest BCUT2D eigenvalue weighted by molar-refractivity contribution is 6.00. The van der Waals surface area contributed by atoms with Gasteiger partial charge in [0.1, 0.15) is 5.56 Å². The second kappa shape index (κ2) is 9.84. The minimum absolute atomic E-state index is 0.105. The summed E-state index contributed by atoms with van der Waals surface area (Å²) in [4.78, 5) is 36.5. The maximum Gasteiger partial charge on any atom is 0.342 e. The Labute approximate surface area is 181 Å². The lowest BCUT2D eigenvalue weighted by Gasteiger charge is -2.07. The number of hydrogen-bond donors (Lipinski definition) is 1. The number of nitrogens with one attached hydrogen (secondary N) is 1.